The van der Waals surface area contributed by atoms with Gasteiger partial charge in [-0.25, -0.2) is 0 Å². The van der Waals surface area contributed by atoms with E-state index >= 15 is 0 Å². The SMILES string of the molecule is CSc1nnc(SC(C)C(=O)Nc2ccc(NC(C)=O)cc2)s1. The molecule has 0 saturated carbocycles. The Morgan fingerprint density at radius 2 is 1.65 bits per heavy atom. The molecule has 0 spiro atoms. The van der Waals surface area contributed by atoms with E-state index in [0.717, 1.165) is 8.68 Å². The summed E-state index contributed by atoms with van der Waals surface area (Å²) in [6, 6.07) is 6.98. The predicted octanol–water partition coefficient (Wildman–Crippen LogP) is 3.34. The molecule has 0 saturated heterocycles. The smallest absolute Gasteiger partial charge is 0.237 e. The summed E-state index contributed by atoms with van der Waals surface area (Å²) in [6.45, 7) is 3.27. The lowest BCUT2D eigenvalue weighted by Crippen LogP contribution is -2.22. The first-order valence-electron chi connectivity index (χ1n) is 6.70. The van der Waals surface area contributed by atoms with Crippen LogP contribution in [0.3, 0.4) is 0 Å². The standard InChI is InChI=1S/C14H16N4O2S3/c1-8(22-14-18-17-13(21-3)23-14)12(20)16-11-6-4-10(5-7-11)15-9(2)19/h4-8H,1-3H3,(H,15,19)(H,16,20). The third kappa shape index (κ3) is 5.52. The molecule has 6 nitrogen and oxygen atoms in total. The first-order chi connectivity index (χ1) is 11.0. The first-order valence-corrected chi connectivity index (χ1v) is 9.62. The minimum absolute atomic E-state index is 0.108. The highest BCUT2D eigenvalue weighted by Crippen LogP contribution is 2.30. The van der Waals surface area contributed by atoms with Gasteiger partial charge in [0, 0.05) is 18.3 Å². The Morgan fingerprint density at radius 1 is 1.09 bits per heavy atom. The lowest BCUT2D eigenvalue weighted by atomic mass is 10.2. The van der Waals surface area contributed by atoms with Crippen LogP contribution in [0.2, 0.25) is 0 Å². The van der Waals surface area contributed by atoms with E-state index in [2.05, 4.69) is 20.8 Å². The summed E-state index contributed by atoms with van der Waals surface area (Å²) < 4.78 is 1.66. The van der Waals surface area contributed by atoms with Crippen molar-refractivity contribution in [2.75, 3.05) is 16.9 Å². The highest BCUT2D eigenvalue weighted by Gasteiger charge is 2.17. The molecule has 2 aromatic rings. The van der Waals surface area contributed by atoms with Crippen molar-refractivity contribution in [2.45, 2.75) is 27.8 Å². The second-order valence-corrected chi connectivity index (χ2v) is 8.16. The number of nitrogens with zero attached hydrogens (tertiary/aromatic N) is 2. The number of carbonyl (C=O) groups is 2. The molecule has 2 N–H and O–H groups in total. The van der Waals surface area contributed by atoms with Crippen molar-refractivity contribution in [2.24, 2.45) is 0 Å². The van der Waals surface area contributed by atoms with E-state index < -0.39 is 0 Å². The van der Waals surface area contributed by atoms with Gasteiger partial charge in [0.2, 0.25) is 11.8 Å². The Balaban J connectivity index is 1.91. The first kappa shape index (κ1) is 17.8. The molecule has 122 valence electrons. The molecule has 0 radical (unpaired) electrons. The summed E-state index contributed by atoms with van der Waals surface area (Å²) in [6.07, 6.45) is 1.94. The summed E-state index contributed by atoms with van der Waals surface area (Å²) in [5.41, 5.74) is 1.37. The Hall–Kier alpha value is -1.58. The maximum Gasteiger partial charge on any atom is 0.237 e. The molecule has 0 aliphatic heterocycles. The van der Waals surface area contributed by atoms with Crippen LogP contribution in [0, 0.1) is 0 Å². The number of hydrogen-bond donors (Lipinski definition) is 2. The van der Waals surface area contributed by atoms with E-state index in [0.29, 0.717) is 11.4 Å². The molecule has 0 fully saturated rings. The van der Waals surface area contributed by atoms with Crippen LogP contribution < -0.4 is 10.6 Å². The summed E-state index contributed by atoms with van der Waals surface area (Å²) in [5, 5.41) is 13.3. The largest absolute Gasteiger partial charge is 0.326 e. The van der Waals surface area contributed by atoms with E-state index in [9.17, 15) is 9.59 Å². The maximum atomic E-state index is 12.2. The molecular formula is C14H16N4O2S3. The highest BCUT2D eigenvalue weighted by atomic mass is 32.2. The van der Waals surface area contributed by atoms with Crippen LogP contribution in [0.5, 0.6) is 0 Å². The molecule has 2 amide bonds. The van der Waals surface area contributed by atoms with Gasteiger partial charge in [-0.2, -0.15) is 0 Å². The van der Waals surface area contributed by atoms with E-state index in [-0.39, 0.29) is 17.1 Å². The Kier molecular flexibility index (Phi) is 6.43. The number of amides is 2. The Labute approximate surface area is 146 Å². The van der Waals surface area contributed by atoms with E-state index in [1.165, 1.54) is 41.8 Å². The normalized spacial score (nSPS) is 11.8. The fraction of sp³-hybridized carbons (Fsp3) is 0.286. The van der Waals surface area contributed by atoms with E-state index in [4.69, 9.17) is 0 Å². The number of benzene rings is 1. The number of hydrogen-bond acceptors (Lipinski definition) is 7. The molecule has 23 heavy (non-hydrogen) atoms. The zero-order valence-electron chi connectivity index (χ0n) is 12.8. The van der Waals surface area contributed by atoms with Crippen LogP contribution in [-0.4, -0.2) is 33.5 Å². The van der Waals surface area contributed by atoms with Crippen molar-refractivity contribution < 1.29 is 9.59 Å². The van der Waals surface area contributed by atoms with E-state index in [1.54, 1.807) is 24.3 Å². The van der Waals surface area contributed by atoms with Crippen molar-refractivity contribution >= 4 is 58.0 Å². The molecule has 0 aliphatic rings. The highest BCUT2D eigenvalue weighted by molar-refractivity contribution is 8.03. The van der Waals surface area contributed by atoms with E-state index in [1.807, 2.05) is 13.2 Å². The van der Waals surface area contributed by atoms with Crippen molar-refractivity contribution in [1.82, 2.24) is 10.2 Å². The number of anilines is 2. The summed E-state index contributed by atoms with van der Waals surface area (Å²) >= 11 is 4.39. The Bertz CT molecular complexity index is 688. The zero-order valence-corrected chi connectivity index (χ0v) is 15.3. The molecule has 1 heterocycles. The van der Waals surface area contributed by atoms with Crippen molar-refractivity contribution in [3.63, 3.8) is 0 Å². The molecule has 2 rings (SSSR count). The van der Waals surface area contributed by atoms with Gasteiger partial charge < -0.3 is 10.6 Å². The molecule has 1 aromatic carbocycles. The topological polar surface area (TPSA) is 84.0 Å². The van der Waals surface area contributed by atoms with Gasteiger partial charge in [-0.3, -0.25) is 9.59 Å². The molecule has 1 aromatic heterocycles. The summed E-state index contributed by atoms with van der Waals surface area (Å²) in [5.74, 6) is -0.239. The number of nitrogens with one attached hydrogen (secondary N) is 2. The number of aromatic nitrogens is 2. The number of thioether (sulfide) groups is 2. The molecule has 9 heteroatoms. The number of rotatable bonds is 6. The van der Waals surface area contributed by atoms with Crippen LogP contribution in [-0.2, 0) is 9.59 Å². The van der Waals surface area contributed by atoms with Gasteiger partial charge in [-0.15, -0.1) is 10.2 Å². The third-order valence-electron chi connectivity index (χ3n) is 2.68. The maximum absolute atomic E-state index is 12.2. The van der Waals surface area contributed by atoms with Crippen molar-refractivity contribution in [3.05, 3.63) is 24.3 Å². The summed E-state index contributed by atoms with van der Waals surface area (Å²) in [4.78, 5) is 23.2. The van der Waals surface area contributed by atoms with Crippen LogP contribution >= 0.6 is 34.9 Å². The van der Waals surface area contributed by atoms with Crippen LogP contribution in [0.1, 0.15) is 13.8 Å². The van der Waals surface area contributed by atoms with Gasteiger partial charge in [-0.1, -0.05) is 34.9 Å². The lowest BCUT2D eigenvalue weighted by Gasteiger charge is -2.11. The van der Waals surface area contributed by atoms with Gasteiger partial charge >= 0.3 is 0 Å². The molecule has 1 atom stereocenters. The third-order valence-corrected chi connectivity index (χ3v) is 5.77. The van der Waals surface area contributed by atoms with Crippen LogP contribution in [0.4, 0.5) is 11.4 Å². The fourth-order valence-corrected chi connectivity index (χ4v) is 4.20. The average Bonchev–Trinajstić information content (AvgIpc) is 2.96. The average molecular weight is 369 g/mol. The number of carbonyl (C=O) groups excluding carboxylic acids is 2. The quantitative estimate of drug-likeness (QED) is 0.761. The second kappa shape index (κ2) is 8.32. The monoisotopic (exact) mass is 368 g/mol. The fourth-order valence-electron chi connectivity index (χ4n) is 1.62. The van der Waals surface area contributed by atoms with Gasteiger partial charge in [0.05, 0.1) is 5.25 Å². The van der Waals surface area contributed by atoms with Gasteiger partial charge in [0.25, 0.3) is 0 Å². The lowest BCUT2D eigenvalue weighted by molar-refractivity contribution is -0.115. The molecular weight excluding hydrogens is 352 g/mol. The molecule has 0 aliphatic carbocycles. The second-order valence-electron chi connectivity index (χ2n) is 4.55. The van der Waals surface area contributed by atoms with Crippen molar-refractivity contribution in [1.29, 1.82) is 0 Å². The summed E-state index contributed by atoms with van der Waals surface area (Å²) in [7, 11) is 0. The van der Waals surface area contributed by atoms with Crippen LogP contribution in [0.25, 0.3) is 0 Å². The molecule has 0 bridgehead atoms. The minimum Gasteiger partial charge on any atom is -0.326 e. The minimum atomic E-state index is -0.285. The van der Waals surface area contributed by atoms with Crippen LogP contribution in [0.15, 0.2) is 32.9 Å². The zero-order chi connectivity index (χ0) is 16.8. The Morgan fingerprint density at radius 3 is 2.17 bits per heavy atom. The van der Waals surface area contributed by atoms with Crippen molar-refractivity contribution in [3.8, 4) is 0 Å². The molecule has 1 unspecified atom stereocenters. The van der Waals surface area contributed by atoms with Gasteiger partial charge in [0.1, 0.15) is 0 Å². The van der Waals surface area contributed by atoms with Gasteiger partial charge in [-0.05, 0) is 37.4 Å². The predicted molar refractivity (Wildman–Crippen MR) is 96.4 cm³/mol. The van der Waals surface area contributed by atoms with Gasteiger partial charge in [0.15, 0.2) is 8.68 Å².